The zero-order chi connectivity index (χ0) is 27.5. The number of ether oxygens (including phenoxy) is 2. The summed E-state index contributed by atoms with van der Waals surface area (Å²) in [5.41, 5.74) is 8.51. The van der Waals surface area contributed by atoms with E-state index < -0.39 is 6.04 Å². The molecule has 0 aliphatic carbocycles. The van der Waals surface area contributed by atoms with Crippen molar-refractivity contribution < 1.29 is 19.1 Å². The van der Waals surface area contributed by atoms with Crippen molar-refractivity contribution in [1.82, 2.24) is 10.6 Å². The first-order valence-corrected chi connectivity index (χ1v) is 12.6. The predicted octanol–water partition coefficient (Wildman–Crippen LogP) is 3.95. The fourth-order valence-electron chi connectivity index (χ4n) is 3.76. The van der Waals surface area contributed by atoms with Crippen molar-refractivity contribution in [3.05, 3.63) is 93.5 Å². The minimum absolute atomic E-state index is 0.0357. The lowest BCUT2D eigenvalue weighted by atomic mass is 10.1. The third-order valence-electron chi connectivity index (χ3n) is 5.66. The van der Waals surface area contributed by atoms with Crippen molar-refractivity contribution in [3.63, 3.8) is 0 Å². The summed E-state index contributed by atoms with van der Waals surface area (Å²) < 4.78 is 10.5. The first-order chi connectivity index (χ1) is 18.3. The molecule has 0 radical (unpaired) electrons. The van der Waals surface area contributed by atoms with Gasteiger partial charge >= 0.3 is 0 Å². The highest BCUT2D eigenvalue weighted by molar-refractivity contribution is 6.35. The molecule has 0 saturated heterocycles. The van der Waals surface area contributed by atoms with E-state index in [0.29, 0.717) is 46.5 Å². The highest BCUT2D eigenvalue weighted by Crippen LogP contribution is 2.27. The van der Waals surface area contributed by atoms with Crippen LogP contribution in [-0.4, -0.2) is 44.6 Å². The third kappa shape index (κ3) is 8.68. The van der Waals surface area contributed by atoms with E-state index in [0.717, 1.165) is 11.1 Å². The first-order valence-electron chi connectivity index (χ1n) is 11.9. The van der Waals surface area contributed by atoms with Gasteiger partial charge in [0, 0.05) is 23.0 Å². The third-order valence-corrected chi connectivity index (χ3v) is 6.25. The molecule has 10 heteroatoms. The van der Waals surface area contributed by atoms with Gasteiger partial charge in [0.15, 0.2) is 17.5 Å². The summed E-state index contributed by atoms with van der Waals surface area (Å²) in [6, 6.07) is 19.0. The Morgan fingerprint density at radius 1 is 0.947 bits per heavy atom. The molecule has 0 bridgehead atoms. The van der Waals surface area contributed by atoms with E-state index in [1.54, 1.807) is 30.3 Å². The molecule has 0 heterocycles. The summed E-state index contributed by atoms with van der Waals surface area (Å²) in [6.07, 6.45) is 0.857. The van der Waals surface area contributed by atoms with Crippen molar-refractivity contribution in [3.8, 4) is 11.5 Å². The molecule has 0 saturated carbocycles. The number of nitrogens with two attached hydrogens (primary N) is 1. The molecular weight excluding hydrogens is 527 g/mol. The Bertz CT molecular complexity index is 1290. The molecule has 8 nitrogen and oxygen atoms in total. The zero-order valence-electron chi connectivity index (χ0n) is 21.2. The van der Waals surface area contributed by atoms with Gasteiger partial charge in [-0.3, -0.25) is 14.9 Å². The van der Waals surface area contributed by atoms with Gasteiger partial charge in [-0.05, 0) is 47.4 Å². The molecule has 4 N–H and O–H groups in total. The largest absolute Gasteiger partial charge is 0.493 e. The number of amides is 2. The molecule has 2 amide bonds. The predicted molar refractivity (Wildman–Crippen MR) is 150 cm³/mol. The molecule has 0 aliphatic rings. The Kier molecular flexibility index (Phi) is 10.8. The van der Waals surface area contributed by atoms with Gasteiger partial charge in [0.25, 0.3) is 0 Å². The van der Waals surface area contributed by atoms with E-state index >= 15 is 0 Å². The fourth-order valence-corrected chi connectivity index (χ4v) is 4.26. The number of nitrogens with one attached hydrogen (secondary N) is 2. The summed E-state index contributed by atoms with van der Waals surface area (Å²) in [4.78, 5) is 30.0. The highest BCUT2D eigenvalue weighted by atomic mass is 35.5. The summed E-state index contributed by atoms with van der Waals surface area (Å²) >= 11 is 12.2. The fraction of sp³-hybridized carbons (Fsp3) is 0.250. The maximum absolute atomic E-state index is 13.1. The average molecular weight is 557 g/mol. The van der Waals surface area contributed by atoms with E-state index in [1.807, 2.05) is 36.4 Å². The molecule has 3 rings (SSSR count). The number of carbonyl (C=O) groups is 2. The van der Waals surface area contributed by atoms with Crippen LogP contribution in [-0.2, 0) is 28.9 Å². The Morgan fingerprint density at radius 2 is 1.68 bits per heavy atom. The molecule has 200 valence electrons. The lowest BCUT2D eigenvalue weighted by Gasteiger charge is -2.15. The SMILES string of the molecule is COc1ccc(CC(=O)NC(N)=NC(Cc2ccccc2)C(=O)NCCc2ccc(Cl)cc2Cl)cc1OC. The number of benzene rings is 3. The highest BCUT2D eigenvalue weighted by Gasteiger charge is 2.19. The molecule has 1 unspecified atom stereocenters. The van der Waals surface area contributed by atoms with Crippen LogP contribution < -0.4 is 25.8 Å². The van der Waals surface area contributed by atoms with Crippen LogP contribution in [0.15, 0.2) is 71.7 Å². The molecule has 0 fully saturated rings. The van der Waals surface area contributed by atoms with Gasteiger partial charge in [0.05, 0.1) is 20.6 Å². The number of nitrogens with zero attached hydrogens (tertiary/aromatic N) is 1. The van der Waals surface area contributed by atoms with Gasteiger partial charge in [-0.25, -0.2) is 4.99 Å². The van der Waals surface area contributed by atoms with Gasteiger partial charge in [-0.1, -0.05) is 65.7 Å². The van der Waals surface area contributed by atoms with Gasteiger partial charge in [-0.2, -0.15) is 0 Å². The molecule has 3 aromatic carbocycles. The minimum atomic E-state index is -0.848. The van der Waals surface area contributed by atoms with Crippen LogP contribution in [0.25, 0.3) is 0 Å². The van der Waals surface area contributed by atoms with Gasteiger partial charge in [0.1, 0.15) is 6.04 Å². The van der Waals surface area contributed by atoms with Gasteiger partial charge < -0.3 is 20.5 Å². The van der Waals surface area contributed by atoms with E-state index in [1.165, 1.54) is 14.2 Å². The van der Waals surface area contributed by atoms with Crippen LogP contribution in [0.5, 0.6) is 11.5 Å². The normalized spacial score (nSPS) is 11.9. The number of carbonyl (C=O) groups excluding carboxylic acids is 2. The number of hydrogen-bond acceptors (Lipinski definition) is 5. The zero-order valence-corrected chi connectivity index (χ0v) is 22.7. The standard InChI is InChI=1S/C28H30Cl2N4O4/c1-37-24-11-8-19(15-25(24)38-2)16-26(35)34-28(31)33-23(14-18-6-4-3-5-7-18)27(36)32-13-12-20-9-10-21(29)17-22(20)30/h3-11,15,17,23H,12-14,16H2,1-2H3,(H,32,36)(H3,31,33,34,35). The second-order valence-corrected chi connectivity index (χ2v) is 9.25. The molecule has 3 aromatic rings. The average Bonchev–Trinajstić information content (AvgIpc) is 2.89. The number of halogens is 2. The molecule has 0 aliphatic heterocycles. The summed E-state index contributed by atoms with van der Waals surface area (Å²) in [7, 11) is 3.06. The van der Waals surface area contributed by atoms with Gasteiger partial charge in [-0.15, -0.1) is 0 Å². The summed E-state index contributed by atoms with van der Waals surface area (Å²) in [6.45, 7) is 0.340. The number of methoxy groups -OCH3 is 2. The van der Waals surface area contributed by atoms with E-state index in [2.05, 4.69) is 15.6 Å². The number of aliphatic imine (C=N–C) groups is 1. The van der Waals surface area contributed by atoms with E-state index in [9.17, 15) is 9.59 Å². The molecular formula is C28H30Cl2N4O4. The molecule has 0 spiro atoms. The van der Waals surface area contributed by atoms with Crippen LogP contribution in [0.4, 0.5) is 0 Å². The lowest BCUT2D eigenvalue weighted by Crippen LogP contribution is -2.42. The van der Waals surface area contributed by atoms with Crippen LogP contribution in [0.2, 0.25) is 10.0 Å². The second-order valence-electron chi connectivity index (χ2n) is 8.41. The van der Waals surface area contributed by atoms with Crippen molar-refractivity contribution in [1.29, 1.82) is 0 Å². The topological polar surface area (TPSA) is 115 Å². The maximum Gasteiger partial charge on any atom is 0.245 e. The van der Waals surface area contributed by atoms with Crippen LogP contribution in [0.3, 0.4) is 0 Å². The van der Waals surface area contributed by atoms with Crippen LogP contribution in [0.1, 0.15) is 16.7 Å². The first kappa shape index (κ1) is 28.8. The Morgan fingerprint density at radius 3 is 2.37 bits per heavy atom. The van der Waals surface area contributed by atoms with Crippen molar-refractivity contribution in [2.24, 2.45) is 10.7 Å². The summed E-state index contributed by atoms with van der Waals surface area (Å²) in [5.74, 6) is 0.225. The van der Waals surface area contributed by atoms with Crippen molar-refractivity contribution >= 4 is 41.0 Å². The maximum atomic E-state index is 13.1. The van der Waals surface area contributed by atoms with Crippen molar-refractivity contribution in [2.45, 2.75) is 25.3 Å². The quantitative estimate of drug-likeness (QED) is 0.244. The Hall–Kier alpha value is -3.75. The minimum Gasteiger partial charge on any atom is -0.493 e. The van der Waals surface area contributed by atoms with Crippen LogP contribution >= 0.6 is 23.2 Å². The summed E-state index contributed by atoms with van der Waals surface area (Å²) in [5, 5.41) is 6.53. The number of rotatable bonds is 11. The second kappa shape index (κ2) is 14.3. The van der Waals surface area contributed by atoms with E-state index in [4.69, 9.17) is 38.4 Å². The number of guanidine groups is 1. The lowest BCUT2D eigenvalue weighted by molar-refractivity contribution is -0.122. The smallest absolute Gasteiger partial charge is 0.245 e. The molecule has 38 heavy (non-hydrogen) atoms. The number of hydrogen-bond donors (Lipinski definition) is 3. The Labute approximate surface area is 232 Å². The molecule has 1 atom stereocenters. The van der Waals surface area contributed by atoms with Gasteiger partial charge in [0.2, 0.25) is 11.8 Å². The van der Waals surface area contributed by atoms with Crippen LogP contribution in [0, 0.1) is 0 Å². The monoisotopic (exact) mass is 556 g/mol. The van der Waals surface area contributed by atoms with Crippen molar-refractivity contribution in [2.75, 3.05) is 20.8 Å². The molecule has 0 aromatic heterocycles. The Balaban J connectivity index is 1.66. The van der Waals surface area contributed by atoms with E-state index in [-0.39, 0.29) is 24.2 Å².